The van der Waals surface area contributed by atoms with Crippen LogP contribution in [0, 0.1) is 5.92 Å². The average Bonchev–Trinajstić information content (AvgIpc) is 3.10. The lowest BCUT2D eigenvalue weighted by Gasteiger charge is -2.25. The minimum atomic E-state index is -0.670. The van der Waals surface area contributed by atoms with Crippen LogP contribution in [0.5, 0.6) is 11.5 Å². The minimum absolute atomic E-state index is 0.115. The molecule has 2 aliphatic carbocycles. The van der Waals surface area contributed by atoms with Gasteiger partial charge in [-0.3, -0.25) is 14.4 Å². The maximum Gasteiger partial charge on any atom is 0.508 e. The van der Waals surface area contributed by atoms with E-state index in [4.69, 9.17) is 23.7 Å². The molecule has 0 aromatic heterocycles. The summed E-state index contributed by atoms with van der Waals surface area (Å²) in [7, 11) is 0. The molecule has 49 heavy (non-hydrogen) atoms. The van der Waals surface area contributed by atoms with Crippen molar-refractivity contribution < 1.29 is 52.3 Å². The second-order valence-electron chi connectivity index (χ2n) is 12.1. The molecule has 2 aromatic carbocycles. The number of Topliss-reactive ketones (excluding diaryl/α,β-unsaturated/α-hetero) is 2. The molecule has 0 spiro atoms. The van der Waals surface area contributed by atoms with Crippen LogP contribution in [-0.4, -0.2) is 69.3 Å². The molecule has 0 N–H and O–H groups in total. The van der Waals surface area contributed by atoms with Gasteiger partial charge < -0.3 is 33.2 Å². The number of ether oxygens (including phenoxy) is 7. The highest BCUT2D eigenvalue weighted by Gasteiger charge is 2.34. The zero-order valence-electron chi connectivity index (χ0n) is 29.0. The summed E-state index contributed by atoms with van der Waals surface area (Å²) in [6.07, 6.45) is 9.19. The minimum Gasteiger partial charge on any atom is -0.465 e. The van der Waals surface area contributed by atoms with Crippen LogP contribution < -0.4 is 9.47 Å². The highest BCUT2D eigenvalue weighted by Crippen LogP contribution is 2.31. The molecule has 2 heterocycles. The van der Waals surface area contributed by atoms with Gasteiger partial charge in [-0.2, -0.15) is 0 Å². The number of carbonyl (C=O) groups is 4. The summed E-state index contributed by atoms with van der Waals surface area (Å²) in [5.41, 5.74) is 3.53. The Balaban J connectivity index is 0.000000185. The zero-order chi connectivity index (χ0) is 35.0. The van der Waals surface area contributed by atoms with E-state index in [0.29, 0.717) is 44.6 Å². The molecule has 11 nitrogen and oxygen atoms in total. The second kappa shape index (κ2) is 19.9. The van der Waals surface area contributed by atoms with Gasteiger partial charge in [-0.1, -0.05) is 0 Å². The van der Waals surface area contributed by atoms with E-state index in [1.807, 2.05) is 24.3 Å². The lowest BCUT2D eigenvalue weighted by Crippen LogP contribution is -2.31. The van der Waals surface area contributed by atoms with Gasteiger partial charge in [-0.25, -0.2) is 4.79 Å². The number of rotatable bonds is 8. The van der Waals surface area contributed by atoms with Gasteiger partial charge in [0.15, 0.2) is 24.1 Å². The second-order valence-corrected chi connectivity index (χ2v) is 12.1. The van der Waals surface area contributed by atoms with Gasteiger partial charge in [-0.05, 0) is 120 Å². The Bertz CT molecular complexity index is 1380. The Morgan fingerprint density at radius 1 is 0.653 bits per heavy atom. The number of aryl methyl sites for hydroxylation is 2. The van der Waals surface area contributed by atoms with Gasteiger partial charge in [0.05, 0.1) is 33.0 Å². The van der Waals surface area contributed by atoms with Crippen molar-refractivity contribution in [3.05, 3.63) is 58.7 Å². The van der Waals surface area contributed by atoms with Crippen LogP contribution in [0.3, 0.4) is 0 Å². The normalized spacial score (nSPS) is 21.2. The lowest BCUT2D eigenvalue weighted by atomic mass is 9.82. The predicted octanol–water partition coefficient (Wildman–Crippen LogP) is 7.19. The molecular formula is C38H50O11. The quantitative estimate of drug-likeness (QED) is 0.207. The van der Waals surface area contributed by atoms with Crippen molar-refractivity contribution in [2.75, 3.05) is 33.0 Å². The lowest BCUT2D eigenvalue weighted by molar-refractivity contribution is -0.146. The first kappa shape index (κ1) is 37.9. The van der Waals surface area contributed by atoms with Crippen LogP contribution in [0.4, 0.5) is 4.79 Å². The summed E-state index contributed by atoms with van der Waals surface area (Å²) in [5.74, 6) is 0.574. The first-order chi connectivity index (χ1) is 23.8. The Morgan fingerprint density at radius 2 is 1.20 bits per heavy atom. The molecule has 2 fully saturated rings. The molecule has 0 bridgehead atoms. The fourth-order valence-electron chi connectivity index (χ4n) is 6.06. The fraction of sp³-hybridized carbons (Fsp3) is 0.579. The molecule has 3 atom stereocenters. The van der Waals surface area contributed by atoms with Crippen molar-refractivity contribution in [3.63, 3.8) is 0 Å². The molecule has 0 radical (unpaired) electrons. The van der Waals surface area contributed by atoms with Gasteiger partial charge in [-0.15, -0.1) is 0 Å². The Labute approximate surface area is 288 Å². The van der Waals surface area contributed by atoms with E-state index in [0.717, 1.165) is 92.8 Å². The van der Waals surface area contributed by atoms with E-state index in [9.17, 15) is 19.2 Å². The van der Waals surface area contributed by atoms with Crippen LogP contribution in [0.25, 0.3) is 0 Å². The number of hydrogen-bond acceptors (Lipinski definition) is 11. The van der Waals surface area contributed by atoms with Crippen LogP contribution >= 0.6 is 0 Å². The van der Waals surface area contributed by atoms with E-state index in [2.05, 4.69) is 9.47 Å². The van der Waals surface area contributed by atoms with E-state index in [1.54, 1.807) is 32.9 Å². The van der Waals surface area contributed by atoms with E-state index >= 15 is 0 Å². The number of benzene rings is 2. The molecule has 2 aliphatic heterocycles. The van der Waals surface area contributed by atoms with E-state index in [-0.39, 0.29) is 24.1 Å². The van der Waals surface area contributed by atoms with Gasteiger partial charge in [0.2, 0.25) is 0 Å². The van der Waals surface area contributed by atoms with Gasteiger partial charge >= 0.3 is 12.1 Å². The highest BCUT2D eigenvalue weighted by molar-refractivity contribution is 6.10. The molecule has 0 amide bonds. The van der Waals surface area contributed by atoms with Crippen LogP contribution in [0.15, 0.2) is 36.4 Å². The van der Waals surface area contributed by atoms with E-state index < -0.39 is 18.0 Å². The summed E-state index contributed by atoms with van der Waals surface area (Å²) >= 11 is 0. The molecule has 6 rings (SSSR count). The van der Waals surface area contributed by atoms with Crippen LogP contribution in [0.2, 0.25) is 0 Å². The van der Waals surface area contributed by atoms with Crippen LogP contribution in [-0.2, 0) is 41.3 Å². The molecule has 4 aliphatic rings. The first-order valence-corrected chi connectivity index (χ1v) is 17.7. The molecular weight excluding hydrogens is 632 g/mol. The van der Waals surface area contributed by atoms with Gasteiger partial charge in [0, 0.05) is 30.4 Å². The number of carbonyl (C=O) groups excluding carboxylic acids is 4. The molecule has 11 heteroatoms. The maximum atomic E-state index is 12.5. The largest absolute Gasteiger partial charge is 0.508 e. The third kappa shape index (κ3) is 11.6. The van der Waals surface area contributed by atoms with Crippen molar-refractivity contribution in [1.82, 2.24) is 0 Å². The molecule has 2 saturated heterocycles. The third-order valence-corrected chi connectivity index (χ3v) is 8.49. The third-order valence-electron chi connectivity index (χ3n) is 8.49. The molecule has 3 unspecified atom stereocenters. The number of fused-ring (bicyclic) bond motifs is 2. The smallest absolute Gasteiger partial charge is 0.465 e. The van der Waals surface area contributed by atoms with Crippen molar-refractivity contribution in [2.24, 2.45) is 5.92 Å². The maximum absolute atomic E-state index is 12.5. The average molecular weight is 683 g/mol. The Hall–Kier alpha value is -3.96. The van der Waals surface area contributed by atoms with Crippen molar-refractivity contribution in [1.29, 1.82) is 0 Å². The number of hydrogen-bond donors (Lipinski definition) is 0. The Kier molecular flexibility index (Phi) is 15.4. The summed E-state index contributed by atoms with van der Waals surface area (Å²) < 4.78 is 36.6. The fourth-order valence-corrected chi connectivity index (χ4v) is 6.06. The summed E-state index contributed by atoms with van der Waals surface area (Å²) in [6, 6.07) is 11.2. The summed E-state index contributed by atoms with van der Waals surface area (Å²) in [5, 5.41) is 0. The van der Waals surface area contributed by atoms with Crippen LogP contribution in [0.1, 0.15) is 110 Å². The molecule has 2 aromatic rings. The summed E-state index contributed by atoms with van der Waals surface area (Å²) in [4.78, 5) is 46.3. The number of esters is 1. The molecule has 268 valence electrons. The standard InChI is InChI=1S/C18H22O5.C15H18O3.C5H10O3/c1-2-21-18(20)15-8-6-12-11-13(7-9-14(12)17(15)19)23-16-5-3-4-10-22-16;16-14-5-3-4-11-10-12(7-8-13(11)14)18-15-6-1-2-9-17-15;1-3-7-5(6)8-4-2/h7,9,11,15-16H,2-6,8,10H2,1H3;7-8,10,15H,1-6,9H2;3-4H2,1-2H3. The Morgan fingerprint density at radius 3 is 1.73 bits per heavy atom. The SMILES string of the molecule is CCOC(=O)C1CCc2cc(OC3CCCCO3)ccc2C1=O.CCOC(=O)OCC.O=C1CCCc2cc(OC3CCCCO3)ccc21. The van der Waals surface area contributed by atoms with Gasteiger partial charge in [0.25, 0.3) is 0 Å². The van der Waals surface area contributed by atoms with Crippen molar-refractivity contribution >= 4 is 23.7 Å². The summed E-state index contributed by atoms with van der Waals surface area (Å²) in [6.45, 7) is 7.77. The highest BCUT2D eigenvalue weighted by atomic mass is 16.7. The zero-order valence-corrected chi connectivity index (χ0v) is 29.0. The van der Waals surface area contributed by atoms with Gasteiger partial charge in [0.1, 0.15) is 17.4 Å². The van der Waals surface area contributed by atoms with Crippen molar-refractivity contribution in [3.8, 4) is 11.5 Å². The monoisotopic (exact) mass is 682 g/mol. The first-order valence-electron chi connectivity index (χ1n) is 17.7. The predicted molar refractivity (Wildman–Crippen MR) is 180 cm³/mol. The molecule has 0 saturated carbocycles. The topological polar surface area (TPSA) is 133 Å². The van der Waals surface area contributed by atoms with Crippen molar-refractivity contribution in [2.45, 2.75) is 104 Å². The van der Waals surface area contributed by atoms with E-state index in [1.165, 1.54) is 0 Å². The number of ketones is 2.